The molecule has 0 aliphatic rings. The zero-order chi connectivity index (χ0) is 15.2. The summed E-state index contributed by atoms with van der Waals surface area (Å²) in [6, 6.07) is 0. The highest BCUT2D eigenvalue weighted by Crippen LogP contribution is 2.19. The largest absolute Gasteiger partial charge is 0.351 e. The molecule has 6 nitrogen and oxygen atoms in total. The van der Waals surface area contributed by atoms with Gasteiger partial charge in [0.15, 0.2) is 0 Å². The van der Waals surface area contributed by atoms with Gasteiger partial charge in [0.1, 0.15) is 12.2 Å². The normalized spacial score (nSPS) is 10.8. The predicted molar refractivity (Wildman–Crippen MR) is 82.0 cm³/mol. The van der Waals surface area contributed by atoms with Crippen molar-refractivity contribution in [2.24, 2.45) is 7.05 Å². The molecule has 7 heteroatoms. The molecule has 114 valence electrons. The molecule has 1 amide bonds. The Morgan fingerprint density at radius 1 is 1.43 bits per heavy atom. The van der Waals surface area contributed by atoms with Crippen LogP contribution in [0.3, 0.4) is 0 Å². The molecule has 0 saturated heterocycles. The molecule has 0 bridgehead atoms. The molecule has 2 heterocycles. The predicted octanol–water partition coefficient (Wildman–Crippen LogP) is 1.78. The quantitative estimate of drug-likeness (QED) is 0.846. The first-order valence-electron chi connectivity index (χ1n) is 7.15. The standard InChI is InChI=1S/C14H21N5OS/c1-4-5-14-17-10(2)11(21-14)8-15-13(20)7-6-12-18-16-9-19(12)3/h9H,4-8H2,1-3H3,(H,15,20). The van der Waals surface area contributed by atoms with Gasteiger partial charge < -0.3 is 9.88 Å². The molecular formula is C14H21N5OS. The van der Waals surface area contributed by atoms with Gasteiger partial charge in [0.2, 0.25) is 5.91 Å². The molecule has 21 heavy (non-hydrogen) atoms. The van der Waals surface area contributed by atoms with Crippen molar-refractivity contribution in [1.82, 2.24) is 25.1 Å². The number of nitrogens with zero attached hydrogens (tertiary/aromatic N) is 4. The van der Waals surface area contributed by atoms with E-state index in [1.54, 1.807) is 17.7 Å². The third-order valence-electron chi connectivity index (χ3n) is 3.23. The van der Waals surface area contributed by atoms with E-state index in [1.165, 1.54) is 0 Å². The van der Waals surface area contributed by atoms with Gasteiger partial charge in [0.25, 0.3) is 0 Å². The Morgan fingerprint density at radius 2 is 2.24 bits per heavy atom. The summed E-state index contributed by atoms with van der Waals surface area (Å²) in [6.45, 7) is 4.70. The molecule has 0 atom stereocenters. The van der Waals surface area contributed by atoms with E-state index in [-0.39, 0.29) is 5.91 Å². The number of rotatable bonds is 7. The molecule has 0 aromatic carbocycles. The lowest BCUT2D eigenvalue weighted by Gasteiger charge is -2.04. The van der Waals surface area contributed by atoms with Crippen LogP contribution in [0.1, 0.15) is 41.2 Å². The summed E-state index contributed by atoms with van der Waals surface area (Å²) in [5.41, 5.74) is 1.03. The summed E-state index contributed by atoms with van der Waals surface area (Å²) >= 11 is 1.69. The van der Waals surface area contributed by atoms with Crippen molar-refractivity contribution >= 4 is 17.2 Å². The third kappa shape index (κ3) is 4.35. The number of aromatic nitrogens is 4. The minimum absolute atomic E-state index is 0.0304. The number of hydrogen-bond acceptors (Lipinski definition) is 5. The number of hydrogen-bond donors (Lipinski definition) is 1. The Bertz CT molecular complexity index is 604. The van der Waals surface area contributed by atoms with Gasteiger partial charge in [-0.15, -0.1) is 21.5 Å². The first-order valence-corrected chi connectivity index (χ1v) is 7.96. The Balaban J connectivity index is 1.80. The average molecular weight is 307 g/mol. The summed E-state index contributed by atoms with van der Waals surface area (Å²) in [5, 5.41) is 11.9. The van der Waals surface area contributed by atoms with Crippen molar-refractivity contribution in [1.29, 1.82) is 0 Å². The van der Waals surface area contributed by atoms with Crippen molar-refractivity contribution in [3.8, 4) is 0 Å². The van der Waals surface area contributed by atoms with E-state index in [9.17, 15) is 4.79 Å². The van der Waals surface area contributed by atoms with E-state index < -0.39 is 0 Å². The second-order valence-electron chi connectivity index (χ2n) is 5.00. The molecule has 0 aliphatic carbocycles. The molecular weight excluding hydrogens is 286 g/mol. The average Bonchev–Trinajstić information content (AvgIpc) is 3.01. The lowest BCUT2D eigenvalue weighted by Crippen LogP contribution is -2.23. The lowest BCUT2D eigenvalue weighted by atomic mass is 10.2. The van der Waals surface area contributed by atoms with Gasteiger partial charge in [-0.25, -0.2) is 4.98 Å². The van der Waals surface area contributed by atoms with Crippen LogP contribution in [0.25, 0.3) is 0 Å². The Kier molecular flexibility index (Phi) is 5.44. The van der Waals surface area contributed by atoms with Gasteiger partial charge in [0.05, 0.1) is 17.2 Å². The zero-order valence-electron chi connectivity index (χ0n) is 12.7. The number of carbonyl (C=O) groups excluding carboxylic acids is 1. The van der Waals surface area contributed by atoms with Crippen molar-refractivity contribution in [2.45, 2.75) is 46.1 Å². The molecule has 0 unspecified atom stereocenters. The summed E-state index contributed by atoms with van der Waals surface area (Å²) in [4.78, 5) is 17.5. The first-order chi connectivity index (χ1) is 10.1. The van der Waals surface area contributed by atoms with E-state index in [1.807, 2.05) is 18.5 Å². The minimum Gasteiger partial charge on any atom is -0.351 e. The molecule has 0 aliphatic heterocycles. The molecule has 2 rings (SSSR count). The van der Waals surface area contributed by atoms with Gasteiger partial charge in [0, 0.05) is 24.8 Å². The highest BCUT2D eigenvalue weighted by molar-refractivity contribution is 7.11. The van der Waals surface area contributed by atoms with Crippen LogP contribution < -0.4 is 5.32 Å². The molecule has 0 fully saturated rings. The maximum absolute atomic E-state index is 11.9. The minimum atomic E-state index is 0.0304. The number of aryl methyl sites for hydroxylation is 4. The fourth-order valence-corrected chi connectivity index (χ4v) is 3.11. The third-order valence-corrected chi connectivity index (χ3v) is 4.44. The fraction of sp³-hybridized carbons (Fsp3) is 0.571. The van der Waals surface area contributed by atoms with Crippen LogP contribution in [0.5, 0.6) is 0 Å². The zero-order valence-corrected chi connectivity index (χ0v) is 13.5. The van der Waals surface area contributed by atoms with Crippen LogP contribution in [0.15, 0.2) is 6.33 Å². The lowest BCUT2D eigenvalue weighted by molar-refractivity contribution is -0.121. The summed E-state index contributed by atoms with van der Waals surface area (Å²) < 4.78 is 1.83. The molecule has 2 aromatic rings. The smallest absolute Gasteiger partial charge is 0.220 e. The summed E-state index contributed by atoms with van der Waals surface area (Å²) in [7, 11) is 1.88. The van der Waals surface area contributed by atoms with Gasteiger partial charge in [-0.2, -0.15) is 0 Å². The van der Waals surface area contributed by atoms with E-state index in [0.717, 1.165) is 34.2 Å². The van der Waals surface area contributed by atoms with Gasteiger partial charge in [-0.05, 0) is 19.8 Å². The van der Waals surface area contributed by atoms with Crippen LogP contribution in [-0.2, 0) is 31.2 Å². The SMILES string of the molecule is CCCc1nc(C)c(CNC(=O)CCc2nncn2C)s1. The number of amides is 1. The number of carbonyl (C=O) groups is 1. The van der Waals surface area contributed by atoms with Crippen LogP contribution in [0.4, 0.5) is 0 Å². The van der Waals surface area contributed by atoms with E-state index in [0.29, 0.717) is 19.4 Å². The molecule has 0 radical (unpaired) electrons. The fourth-order valence-electron chi connectivity index (χ4n) is 2.00. The second kappa shape index (κ2) is 7.31. The topological polar surface area (TPSA) is 72.7 Å². The number of thiazole rings is 1. The van der Waals surface area contributed by atoms with Crippen LogP contribution >= 0.6 is 11.3 Å². The maximum atomic E-state index is 11.9. The van der Waals surface area contributed by atoms with Crippen LogP contribution in [-0.4, -0.2) is 25.7 Å². The summed E-state index contributed by atoms with van der Waals surface area (Å²) in [6.07, 6.45) is 4.77. The first kappa shape index (κ1) is 15.6. The Labute approximate surface area is 128 Å². The highest BCUT2D eigenvalue weighted by Gasteiger charge is 2.10. The second-order valence-corrected chi connectivity index (χ2v) is 6.17. The molecule has 1 N–H and O–H groups in total. The molecule has 0 spiro atoms. The number of nitrogens with one attached hydrogen (secondary N) is 1. The van der Waals surface area contributed by atoms with Crippen molar-refractivity contribution in [2.75, 3.05) is 0 Å². The molecule has 0 saturated carbocycles. The van der Waals surface area contributed by atoms with E-state index >= 15 is 0 Å². The maximum Gasteiger partial charge on any atom is 0.220 e. The summed E-state index contributed by atoms with van der Waals surface area (Å²) in [5.74, 6) is 0.854. The van der Waals surface area contributed by atoms with Crippen LogP contribution in [0, 0.1) is 6.92 Å². The van der Waals surface area contributed by atoms with Gasteiger partial charge >= 0.3 is 0 Å². The van der Waals surface area contributed by atoms with Crippen molar-refractivity contribution < 1.29 is 4.79 Å². The monoisotopic (exact) mass is 307 g/mol. The van der Waals surface area contributed by atoms with E-state index in [4.69, 9.17) is 0 Å². The van der Waals surface area contributed by atoms with Crippen LogP contribution in [0.2, 0.25) is 0 Å². The molecule has 2 aromatic heterocycles. The highest BCUT2D eigenvalue weighted by atomic mass is 32.1. The van der Waals surface area contributed by atoms with Gasteiger partial charge in [-0.1, -0.05) is 6.92 Å². The van der Waals surface area contributed by atoms with E-state index in [2.05, 4.69) is 27.4 Å². The Hall–Kier alpha value is -1.76. The van der Waals surface area contributed by atoms with Crippen molar-refractivity contribution in [3.05, 3.63) is 27.7 Å². The Morgan fingerprint density at radius 3 is 2.90 bits per heavy atom. The van der Waals surface area contributed by atoms with Gasteiger partial charge in [-0.3, -0.25) is 4.79 Å². The van der Waals surface area contributed by atoms with Crippen molar-refractivity contribution in [3.63, 3.8) is 0 Å².